The van der Waals surface area contributed by atoms with E-state index in [1.807, 2.05) is 0 Å². The molecule has 0 aliphatic rings. The molecule has 2 N–H and O–H groups in total. The van der Waals surface area contributed by atoms with Crippen LogP contribution in [0.15, 0.2) is 30.3 Å². The molecule has 0 amide bonds. The van der Waals surface area contributed by atoms with Crippen molar-refractivity contribution in [2.45, 2.75) is 32.7 Å². The first kappa shape index (κ1) is 14.2. The van der Waals surface area contributed by atoms with Crippen molar-refractivity contribution in [1.29, 1.82) is 0 Å². The molecule has 0 bridgehead atoms. The van der Waals surface area contributed by atoms with Crippen molar-refractivity contribution in [3.8, 4) is 0 Å². The maximum Gasteiger partial charge on any atom is 0.0347 e. The molecule has 1 unspecified atom stereocenters. The minimum atomic E-state index is 0.516. The number of rotatable bonds is 7. The van der Waals surface area contributed by atoms with Crippen molar-refractivity contribution in [2.75, 3.05) is 20.1 Å². The van der Waals surface area contributed by atoms with E-state index in [0.29, 0.717) is 12.0 Å². The third-order valence-electron chi connectivity index (χ3n) is 3.13. The van der Waals surface area contributed by atoms with E-state index in [4.69, 9.17) is 5.73 Å². The summed E-state index contributed by atoms with van der Waals surface area (Å²) < 4.78 is 0. The van der Waals surface area contributed by atoms with Gasteiger partial charge in [-0.1, -0.05) is 44.2 Å². The lowest BCUT2D eigenvalue weighted by Crippen LogP contribution is -2.28. The zero-order chi connectivity index (χ0) is 12.7. The quantitative estimate of drug-likeness (QED) is 0.785. The second-order valence-corrected chi connectivity index (χ2v) is 5.18. The van der Waals surface area contributed by atoms with Crippen LogP contribution in [0, 0.1) is 5.92 Å². The van der Waals surface area contributed by atoms with Crippen LogP contribution in [0.1, 0.15) is 38.3 Å². The van der Waals surface area contributed by atoms with Crippen molar-refractivity contribution in [2.24, 2.45) is 11.7 Å². The highest BCUT2D eigenvalue weighted by Crippen LogP contribution is 2.26. The summed E-state index contributed by atoms with van der Waals surface area (Å²) in [6.45, 7) is 6.41. The third kappa shape index (κ3) is 4.88. The van der Waals surface area contributed by atoms with Gasteiger partial charge in [0.05, 0.1) is 0 Å². The number of nitrogens with two attached hydrogens (primary N) is 1. The molecule has 96 valence electrons. The first-order valence-electron chi connectivity index (χ1n) is 6.60. The van der Waals surface area contributed by atoms with Gasteiger partial charge in [0, 0.05) is 6.04 Å². The normalized spacial score (nSPS) is 13.3. The van der Waals surface area contributed by atoms with Crippen LogP contribution in [0.3, 0.4) is 0 Å². The minimum Gasteiger partial charge on any atom is -0.330 e. The van der Waals surface area contributed by atoms with Gasteiger partial charge < -0.3 is 5.73 Å². The molecule has 0 fully saturated rings. The molecule has 1 rings (SSSR count). The lowest BCUT2D eigenvalue weighted by Gasteiger charge is -2.30. The topological polar surface area (TPSA) is 29.3 Å². The van der Waals surface area contributed by atoms with Gasteiger partial charge in [0.2, 0.25) is 0 Å². The van der Waals surface area contributed by atoms with E-state index in [1.165, 1.54) is 12.0 Å². The summed E-state index contributed by atoms with van der Waals surface area (Å²) in [7, 11) is 2.20. The van der Waals surface area contributed by atoms with Crippen molar-refractivity contribution in [3.05, 3.63) is 35.9 Å². The van der Waals surface area contributed by atoms with Crippen LogP contribution in [0.25, 0.3) is 0 Å². The molecule has 0 aromatic heterocycles. The number of hydrogen-bond donors (Lipinski definition) is 1. The smallest absolute Gasteiger partial charge is 0.0347 e. The Labute approximate surface area is 106 Å². The Morgan fingerprint density at radius 3 is 2.35 bits per heavy atom. The molecule has 17 heavy (non-hydrogen) atoms. The fourth-order valence-corrected chi connectivity index (χ4v) is 2.19. The summed E-state index contributed by atoms with van der Waals surface area (Å²) in [6, 6.07) is 11.3. The molecule has 0 heterocycles. The van der Waals surface area contributed by atoms with Gasteiger partial charge in [0.1, 0.15) is 0 Å². The zero-order valence-corrected chi connectivity index (χ0v) is 11.4. The highest BCUT2D eigenvalue weighted by molar-refractivity contribution is 5.19. The van der Waals surface area contributed by atoms with Gasteiger partial charge >= 0.3 is 0 Å². The minimum absolute atomic E-state index is 0.516. The van der Waals surface area contributed by atoms with Gasteiger partial charge in [-0.25, -0.2) is 0 Å². The van der Waals surface area contributed by atoms with Crippen LogP contribution in [0.2, 0.25) is 0 Å². The van der Waals surface area contributed by atoms with Gasteiger partial charge in [-0.15, -0.1) is 0 Å². The van der Waals surface area contributed by atoms with Gasteiger partial charge in [-0.2, -0.15) is 0 Å². The second-order valence-electron chi connectivity index (χ2n) is 5.18. The van der Waals surface area contributed by atoms with Crippen molar-refractivity contribution in [3.63, 3.8) is 0 Å². The average Bonchev–Trinajstić information content (AvgIpc) is 2.34. The second kappa shape index (κ2) is 7.46. The van der Waals surface area contributed by atoms with E-state index in [2.05, 4.69) is 56.1 Å². The monoisotopic (exact) mass is 234 g/mol. The Morgan fingerprint density at radius 2 is 1.82 bits per heavy atom. The molecule has 0 spiro atoms. The molecular weight excluding hydrogens is 208 g/mol. The zero-order valence-electron chi connectivity index (χ0n) is 11.4. The van der Waals surface area contributed by atoms with Crippen LogP contribution in [0.5, 0.6) is 0 Å². The summed E-state index contributed by atoms with van der Waals surface area (Å²) in [4.78, 5) is 2.43. The Balaban J connectivity index is 2.73. The summed E-state index contributed by atoms with van der Waals surface area (Å²) in [6.07, 6.45) is 2.27. The van der Waals surface area contributed by atoms with E-state index < -0.39 is 0 Å². The highest BCUT2D eigenvalue weighted by Gasteiger charge is 2.17. The Kier molecular flexibility index (Phi) is 6.23. The predicted octanol–water partition coefficient (Wildman–Crippen LogP) is 3.05. The lowest BCUT2D eigenvalue weighted by molar-refractivity contribution is 0.214. The maximum atomic E-state index is 5.59. The van der Waals surface area contributed by atoms with E-state index in [9.17, 15) is 0 Å². The van der Waals surface area contributed by atoms with Crippen LogP contribution >= 0.6 is 0 Å². The van der Waals surface area contributed by atoms with Gasteiger partial charge in [0.25, 0.3) is 0 Å². The van der Waals surface area contributed by atoms with Crippen molar-refractivity contribution in [1.82, 2.24) is 4.90 Å². The Bertz CT molecular complexity index is 295. The molecule has 0 saturated heterocycles. The number of benzene rings is 1. The maximum absolute atomic E-state index is 5.59. The predicted molar refractivity (Wildman–Crippen MR) is 74.9 cm³/mol. The fourth-order valence-electron chi connectivity index (χ4n) is 2.19. The Morgan fingerprint density at radius 1 is 1.18 bits per heavy atom. The summed E-state index contributed by atoms with van der Waals surface area (Å²) >= 11 is 0. The van der Waals surface area contributed by atoms with Crippen molar-refractivity contribution < 1.29 is 0 Å². The molecule has 2 heteroatoms. The fraction of sp³-hybridized carbons (Fsp3) is 0.600. The lowest BCUT2D eigenvalue weighted by atomic mass is 9.96. The van der Waals surface area contributed by atoms with Gasteiger partial charge in [0.15, 0.2) is 0 Å². The van der Waals surface area contributed by atoms with E-state index in [0.717, 1.165) is 19.5 Å². The SMILES string of the molecule is CC(C)CC(c1ccccc1)N(C)CCCN. The molecular formula is C15H26N2. The standard InChI is InChI=1S/C15H26N2/c1-13(2)12-15(17(3)11-7-10-16)14-8-5-4-6-9-14/h4-6,8-9,13,15H,7,10-12,16H2,1-3H3. The molecule has 0 radical (unpaired) electrons. The number of hydrogen-bond acceptors (Lipinski definition) is 2. The summed E-state index contributed by atoms with van der Waals surface area (Å²) in [5.41, 5.74) is 7.01. The first-order valence-corrected chi connectivity index (χ1v) is 6.60. The van der Waals surface area contributed by atoms with Crippen LogP contribution in [-0.4, -0.2) is 25.0 Å². The first-order chi connectivity index (χ1) is 8.15. The number of nitrogens with zero attached hydrogens (tertiary/aromatic N) is 1. The molecule has 1 atom stereocenters. The molecule has 0 aliphatic carbocycles. The van der Waals surface area contributed by atoms with Crippen LogP contribution < -0.4 is 5.73 Å². The third-order valence-corrected chi connectivity index (χ3v) is 3.13. The van der Waals surface area contributed by atoms with Crippen molar-refractivity contribution >= 4 is 0 Å². The molecule has 0 saturated carbocycles. The van der Waals surface area contributed by atoms with Gasteiger partial charge in [-0.05, 0) is 44.5 Å². The van der Waals surface area contributed by atoms with E-state index >= 15 is 0 Å². The van der Waals surface area contributed by atoms with Gasteiger partial charge in [-0.3, -0.25) is 4.90 Å². The molecule has 2 nitrogen and oxygen atoms in total. The van der Waals surface area contributed by atoms with Crippen LogP contribution in [-0.2, 0) is 0 Å². The molecule has 0 aliphatic heterocycles. The molecule has 1 aromatic rings. The highest BCUT2D eigenvalue weighted by atomic mass is 15.1. The van der Waals surface area contributed by atoms with E-state index in [-0.39, 0.29) is 0 Å². The summed E-state index contributed by atoms with van der Waals surface area (Å²) in [5.74, 6) is 0.709. The Hall–Kier alpha value is -0.860. The van der Waals surface area contributed by atoms with Crippen LogP contribution in [0.4, 0.5) is 0 Å². The average molecular weight is 234 g/mol. The largest absolute Gasteiger partial charge is 0.330 e. The van der Waals surface area contributed by atoms with E-state index in [1.54, 1.807) is 0 Å². The molecule has 1 aromatic carbocycles. The summed E-state index contributed by atoms with van der Waals surface area (Å²) in [5, 5.41) is 0.